The molecule has 4 saturated carbocycles. The highest BCUT2D eigenvalue weighted by Crippen LogP contribution is 2.55. The fourth-order valence-corrected chi connectivity index (χ4v) is 6.50. The molecule has 1 aromatic rings. The third kappa shape index (κ3) is 4.68. The number of amides is 1. The van der Waals surface area contributed by atoms with E-state index in [4.69, 9.17) is 4.74 Å². The lowest BCUT2D eigenvalue weighted by molar-refractivity contribution is -0.147. The van der Waals surface area contributed by atoms with Crippen LogP contribution in [0.3, 0.4) is 0 Å². The third-order valence-electron chi connectivity index (χ3n) is 6.42. The van der Waals surface area contributed by atoms with Crippen LogP contribution in [0.1, 0.15) is 49.7 Å². The van der Waals surface area contributed by atoms with Crippen LogP contribution in [0, 0.1) is 24.7 Å². The van der Waals surface area contributed by atoms with Gasteiger partial charge in [0.25, 0.3) is 5.91 Å². The maximum atomic E-state index is 12.4. The smallest absolute Gasteiger partial charge is 0.316 e. The summed E-state index contributed by atoms with van der Waals surface area (Å²) in [6.45, 7) is 1.91. The fourth-order valence-electron chi connectivity index (χ4n) is 5.72. The molecule has 0 spiro atoms. The van der Waals surface area contributed by atoms with Crippen LogP contribution in [0.15, 0.2) is 24.3 Å². The van der Waals surface area contributed by atoms with E-state index in [2.05, 4.69) is 36.5 Å². The summed E-state index contributed by atoms with van der Waals surface area (Å²) >= 11 is 1.52. The molecular weight excluding hydrogens is 358 g/mol. The van der Waals surface area contributed by atoms with E-state index >= 15 is 0 Å². The molecule has 146 valence electrons. The highest BCUT2D eigenvalue weighted by atomic mass is 32.2. The average Bonchev–Trinajstić information content (AvgIpc) is 2.60. The number of carbonyl (C=O) groups is 2. The van der Waals surface area contributed by atoms with Crippen LogP contribution in [-0.2, 0) is 20.1 Å². The van der Waals surface area contributed by atoms with Crippen LogP contribution in [0.4, 0.5) is 0 Å². The monoisotopic (exact) mass is 387 g/mol. The van der Waals surface area contributed by atoms with Crippen molar-refractivity contribution in [3.63, 3.8) is 0 Å². The Hall–Kier alpha value is -1.49. The second kappa shape index (κ2) is 7.86. The number of hydrogen-bond donors (Lipinski definition) is 1. The van der Waals surface area contributed by atoms with Crippen molar-refractivity contribution >= 4 is 23.6 Å². The Morgan fingerprint density at radius 3 is 2.26 bits per heavy atom. The third-order valence-corrected chi connectivity index (χ3v) is 7.39. The van der Waals surface area contributed by atoms with Gasteiger partial charge in [-0.3, -0.25) is 9.59 Å². The predicted molar refractivity (Wildman–Crippen MR) is 107 cm³/mol. The maximum absolute atomic E-state index is 12.4. The first-order chi connectivity index (χ1) is 13.0. The predicted octanol–water partition coefficient (Wildman–Crippen LogP) is 3.86. The van der Waals surface area contributed by atoms with Gasteiger partial charge >= 0.3 is 5.97 Å². The number of ether oxygens (including phenoxy) is 1. The first-order valence-electron chi connectivity index (χ1n) is 10.1. The molecule has 0 atom stereocenters. The van der Waals surface area contributed by atoms with Gasteiger partial charge in [0.15, 0.2) is 6.61 Å². The quantitative estimate of drug-likeness (QED) is 0.722. The molecule has 1 amide bonds. The summed E-state index contributed by atoms with van der Waals surface area (Å²) in [6.07, 6.45) is 7.40. The second-order valence-corrected chi connectivity index (χ2v) is 9.87. The van der Waals surface area contributed by atoms with E-state index in [0.717, 1.165) is 42.8 Å². The molecule has 4 nitrogen and oxygen atoms in total. The fraction of sp³-hybridized carbons (Fsp3) is 0.636. The molecule has 4 aliphatic carbocycles. The molecule has 0 unspecified atom stereocenters. The van der Waals surface area contributed by atoms with E-state index in [1.54, 1.807) is 0 Å². The van der Waals surface area contributed by atoms with Crippen molar-refractivity contribution < 1.29 is 14.3 Å². The molecular formula is C22H29NO3S. The summed E-state index contributed by atoms with van der Waals surface area (Å²) < 4.78 is 5.20. The van der Waals surface area contributed by atoms with Crippen LogP contribution in [0.25, 0.3) is 0 Å². The molecule has 27 heavy (non-hydrogen) atoms. The zero-order valence-corrected chi connectivity index (χ0v) is 16.9. The first kappa shape index (κ1) is 18.9. The summed E-state index contributed by atoms with van der Waals surface area (Å²) in [6, 6.07) is 8.30. The summed E-state index contributed by atoms with van der Waals surface area (Å²) in [7, 11) is 0. The molecule has 5 heteroatoms. The number of aryl methyl sites for hydroxylation is 1. The lowest BCUT2D eigenvalue weighted by Gasteiger charge is -2.56. The number of carbonyl (C=O) groups excluding carboxylic acids is 2. The molecule has 1 N–H and O–H groups in total. The van der Waals surface area contributed by atoms with E-state index in [0.29, 0.717) is 0 Å². The Labute approximate surface area is 165 Å². The van der Waals surface area contributed by atoms with Gasteiger partial charge in [0.1, 0.15) is 0 Å². The van der Waals surface area contributed by atoms with E-state index in [-0.39, 0.29) is 29.8 Å². The molecule has 0 radical (unpaired) electrons. The summed E-state index contributed by atoms with van der Waals surface area (Å²) in [5.74, 6) is 2.97. The van der Waals surface area contributed by atoms with Gasteiger partial charge in [0, 0.05) is 11.3 Å². The van der Waals surface area contributed by atoms with Gasteiger partial charge in [0.05, 0.1) is 5.75 Å². The highest BCUT2D eigenvalue weighted by molar-refractivity contribution is 7.99. The number of thioether (sulfide) groups is 1. The van der Waals surface area contributed by atoms with Crippen molar-refractivity contribution in [1.29, 1.82) is 0 Å². The summed E-state index contributed by atoms with van der Waals surface area (Å²) in [5.41, 5.74) is 2.41. The molecule has 1 aromatic carbocycles. The minimum atomic E-state index is -0.312. The molecule has 0 saturated heterocycles. The Kier molecular flexibility index (Phi) is 5.49. The van der Waals surface area contributed by atoms with Gasteiger partial charge < -0.3 is 10.1 Å². The van der Waals surface area contributed by atoms with Crippen LogP contribution in [0.5, 0.6) is 0 Å². The standard InChI is InChI=1S/C22H29NO3S/c1-15-2-4-16(5-3-15)13-27-14-21(25)26-12-20(24)23-22-9-17-6-18(10-22)8-19(7-17)11-22/h2-5,17-19H,6-14H2,1H3,(H,23,24). The summed E-state index contributed by atoms with van der Waals surface area (Å²) in [5, 5.41) is 3.24. The molecule has 4 aliphatic rings. The highest BCUT2D eigenvalue weighted by Gasteiger charge is 2.51. The van der Waals surface area contributed by atoms with Gasteiger partial charge in [-0.1, -0.05) is 29.8 Å². The van der Waals surface area contributed by atoms with Crippen LogP contribution in [-0.4, -0.2) is 29.8 Å². The zero-order valence-electron chi connectivity index (χ0n) is 16.0. The second-order valence-electron chi connectivity index (χ2n) is 8.89. The van der Waals surface area contributed by atoms with Gasteiger partial charge in [0.2, 0.25) is 0 Å². The normalized spacial score (nSPS) is 30.9. The van der Waals surface area contributed by atoms with Crippen molar-refractivity contribution in [2.75, 3.05) is 12.4 Å². The maximum Gasteiger partial charge on any atom is 0.316 e. The average molecular weight is 388 g/mol. The van der Waals surface area contributed by atoms with Gasteiger partial charge in [-0.15, -0.1) is 11.8 Å². The topological polar surface area (TPSA) is 55.4 Å². The number of esters is 1. The van der Waals surface area contributed by atoms with Crippen molar-refractivity contribution in [2.24, 2.45) is 17.8 Å². The van der Waals surface area contributed by atoms with E-state index in [1.165, 1.54) is 42.2 Å². The van der Waals surface area contributed by atoms with Crippen molar-refractivity contribution in [2.45, 2.75) is 56.7 Å². The minimum Gasteiger partial charge on any atom is -0.455 e. The van der Waals surface area contributed by atoms with E-state index in [9.17, 15) is 9.59 Å². The summed E-state index contributed by atoms with van der Waals surface area (Å²) in [4.78, 5) is 24.3. The number of benzene rings is 1. The van der Waals surface area contributed by atoms with Gasteiger partial charge in [-0.05, 0) is 68.8 Å². The van der Waals surface area contributed by atoms with E-state index < -0.39 is 0 Å². The SMILES string of the molecule is Cc1ccc(CSCC(=O)OCC(=O)NC23CC4CC(CC(C4)C2)C3)cc1. The number of hydrogen-bond acceptors (Lipinski definition) is 4. The molecule has 5 rings (SSSR count). The number of rotatable bonds is 7. The van der Waals surface area contributed by atoms with E-state index in [1.807, 2.05) is 0 Å². The van der Waals surface area contributed by atoms with Gasteiger partial charge in [-0.25, -0.2) is 0 Å². The molecule has 4 fully saturated rings. The van der Waals surface area contributed by atoms with Crippen molar-refractivity contribution in [3.05, 3.63) is 35.4 Å². The number of nitrogens with one attached hydrogen (secondary N) is 1. The first-order valence-corrected chi connectivity index (χ1v) is 11.3. The molecule has 0 heterocycles. The minimum absolute atomic E-state index is 0.0154. The largest absolute Gasteiger partial charge is 0.455 e. The Morgan fingerprint density at radius 2 is 1.67 bits per heavy atom. The Bertz CT molecular complexity index is 665. The van der Waals surface area contributed by atoms with Crippen LogP contribution < -0.4 is 5.32 Å². The van der Waals surface area contributed by atoms with Crippen molar-refractivity contribution in [3.8, 4) is 0 Å². The Morgan fingerprint density at radius 1 is 1.07 bits per heavy atom. The lowest BCUT2D eigenvalue weighted by Crippen LogP contribution is -2.60. The van der Waals surface area contributed by atoms with Crippen LogP contribution in [0.2, 0.25) is 0 Å². The molecule has 0 aromatic heterocycles. The molecule has 0 aliphatic heterocycles. The van der Waals surface area contributed by atoms with Gasteiger partial charge in [-0.2, -0.15) is 0 Å². The zero-order chi connectivity index (χ0) is 18.9. The van der Waals surface area contributed by atoms with Crippen LogP contribution >= 0.6 is 11.8 Å². The lowest BCUT2D eigenvalue weighted by atomic mass is 9.53. The van der Waals surface area contributed by atoms with Crippen molar-refractivity contribution in [1.82, 2.24) is 5.32 Å². The Balaban J connectivity index is 1.17. The molecule has 4 bridgehead atoms.